The van der Waals surface area contributed by atoms with Gasteiger partial charge in [0, 0.05) is 12.2 Å². The van der Waals surface area contributed by atoms with Crippen LogP contribution in [-0.4, -0.2) is 38.5 Å². The highest BCUT2D eigenvalue weighted by Gasteiger charge is 2.23. The first-order valence-corrected chi connectivity index (χ1v) is 10.2. The number of hydrogen-bond acceptors (Lipinski definition) is 6. The van der Waals surface area contributed by atoms with E-state index in [0.717, 1.165) is 16.4 Å². The van der Waals surface area contributed by atoms with Crippen molar-refractivity contribution >= 4 is 35.0 Å². The first-order chi connectivity index (χ1) is 13.1. The van der Waals surface area contributed by atoms with Crippen LogP contribution in [0, 0.1) is 0 Å². The van der Waals surface area contributed by atoms with Gasteiger partial charge in [-0.05, 0) is 37.4 Å². The van der Waals surface area contributed by atoms with Gasteiger partial charge >= 0.3 is 6.03 Å². The minimum absolute atomic E-state index is 0.383. The monoisotopic (exact) mass is 401 g/mol. The van der Waals surface area contributed by atoms with E-state index in [1.165, 1.54) is 11.8 Å². The highest BCUT2D eigenvalue weighted by molar-refractivity contribution is 8.00. The second-order valence-electron chi connectivity index (χ2n) is 5.56. The summed E-state index contributed by atoms with van der Waals surface area (Å²) in [5.74, 6) is 0.335. The highest BCUT2D eigenvalue weighted by Crippen LogP contribution is 2.31. The number of benzene rings is 1. The van der Waals surface area contributed by atoms with Gasteiger partial charge in [-0.1, -0.05) is 36.0 Å². The second-order valence-corrected chi connectivity index (χ2v) is 7.82. The molecule has 140 valence electrons. The standard InChI is InChI=1S/C18H19N5O2S2/c1-3-19-17(25)20-16(24)12(2)27-18-22-21-15(14-10-7-11-26-14)23(18)13-8-5-4-6-9-13/h4-12H,3H2,1-2H3,(H2,19,20,24,25). The van der Waals surface area contributed by atoms with Gasteiger partial charge in [0.05, 0.1) is 10.1 Å². The van der Waals surface area contributed by atoms with Crippen LogP contribution in [0.5, 0.6) is 0 Å². The molecule has 2 aromatic heterocycles. The molecule has 0 saturated heterocycles. The van der Waals surface area contributed by atoms with E-state index in [4.69, 9.17) is 0 Å². The minimum atomic E-state index is -0.518. The van der Waals surface area contributed by atoms with Gasteiger partial charge in [0.25, 0.3) is 0 Å². The topological polar surface area (TPSA) is 88.9 Å². The molecule has 7 nitrogen and oxygen atoms in total. The number of thiophene rings is 1. The van der Waals surface area contributed by atoms with E-state index >= 15 is 0 Å². The number of imide groups is 1. The summed E-state index contributed by atoms with van der Waals surface area (Å²) in [7, 11) is 0. The summed E-state index contributed by atoms with van der Waals surface area (Å²) in [5, 5.41) is 15.5. The van der Waals surface area contributed by atoms with Crippen molar-refractivity contribution in [3.8, 4) is 16.4 Å². The lowest BCUT2D eigenvalue weighted by atomic mass is 10.3. The van der Waals surface area contributed by atoms with Gasteiger partial charge in [0.15, 0.2) is 11.0 Å². The van der Waals surface area contributed by atoms with Gasteiger partial charge in [-0.2, -0.15) is 0 Å². The zero-order chi connectivity index (χ0) is 19.2. The molecular formula is C18H19N5O2S2. The van der Waals surface area contributed by atoms with E-state index in [1.807, 2.05) is 52.4 Å². The zero-order valence-corrected chi connectivity index (χ0v) is 16.5. The predicted molar refractivity (Wildman–Crippen MR) is 107 cm³/mol. The molecule has 1 atom stereocenters. The summed E-state index contributed by atoms with van der Waals surface area (Å²) in [6.07, 6.45) is 0. The molecule has 0 spiro atoms. The first kappa shape index (κ1) is 19.1. The quantitative estimate of drug-likeness (QED) is 0.619. The van der Waals surface area contributed by atoms with Crippen LogP contribution >= 0.6 is 23.1 Å². The van der Waals surface area contributed by atoms with E-state index in [-0.39, 0.29) is 5.91 Å². The summed E-state index contributed by atoms with van der Waals surface area (Å²) in [6.45, 7) is 3.97. The molecule has 0 aliphatic carbocycles. The van der Waals surface area contributed by atoms with Gasteiger partial charge < -0.3 is 5.32 Å². The summed E-state index contributed by atoms with van der Waals surface area (Å²) in [4.78, 5) is 24.8. The normalized spacial score (nSPS) is 11.8. The maximum absolute atomic E-state index is 12.3. The Morgan fingerprint density at radius 1 is 1.19 bits per heavy atom. The van der Waals surface area contributed by atoms with E-state index in [1.54, 1.807) is 25.2 Å². The predicted octanol–water partition coefficient (Wildman–Crippen LogP) is 3.32. The molecular weight excluding hydrogens is 382 g/mol. The van der Waals surface area contributed by atoms with E-state index < -0.39 is 11.3 Å². The SMILES string of the molecule is CCNC(=O)NC(=O)C(C)Sc1nnc(-c2cccs2)n1-c1ccccc1. The van der Waals surface area contributed by atoms with Crippen LogP contribution in [-0.2, 0) is 4.79 Å². The lowest BCUT2D eigenvalue weighted by Gasteiger charge is -2.13. The number of nitrogens with zero attached hydrogens (tertiary/aromatic N) is 3. The van der Waals surface area contributed by atoms with Gasteiger partial charge in [-0.3, -0.25) is 14.7 Å². The number of hydrogen-bond donors (Lipinski definition) is 2. The Balaban J connectivity index is 1.87. The van der Waals surface area contributed by atoms with Crippen LogP contribution in [0.4, 0.5) is 4.79 Å². The molecule has 3 aromatic rings. The Morgan fingerprint density at radius 2 is 1.96 bits per heavy atom. The van der Waals surface area contributed by atoms with Crippen LogP contribution in [0.3, 0.4) is 0 Å². The molecule has 3 amide bonds. The minimum Gasteiger partial charge on any atom is -0.338 e. The van der Waals surface area contributed by atoms with E-state index in [9.17, 15) is 9.59 Å². The summed E-state index contributed by atoms with van der Waals surface area (Å²) in [6, 6.07) is 13.2. The number of para-hydroxylation sites is 1. The van der Waals surface area contributed by atoms with E-state index in [2.05, 4.69) is 20.8 Å². The smallest absolute Gasteiger partial charge is 0.321 e. The maximum atomic E-state index is 12.3. The van der Waals surface area contributed by atoms with Crippen molar-refractivity contribution in [1.29, 1.82) is 0 Å². The third-order valence-electron chi connectivity index (χ3n) is 3.61. The van der Waals surface area contributed by atoms with Crippen LogP contribution in [0.15, 0.2) is 53.0 Å². The Bertz CT molecular complexity index is 909. The number of thioether (sulfide) groups is 1. The zero-order valence-electron chi connectivity index (χ0n) is 14.9. The van der Waals surface area contributed by atoms with E-state index in [0.29, 0.717) is 11.7 Å². The molecule has 3 rings (SSSR count). The van der Waals surface area contributed by atoms with Crippen molar-refractivity contribution in [2.24, 2.45) is 0 Å². The second kappa shape index (κ2) is 8.83. The van der Waals surface area contributed by atoms with Crippen molar-refractivity contribution in [2.45, 2.75) is 24.3 Å². The van der Waals surface area contributed by atoms with Gasteiger partial charge in [-0.25, -0.2) is 4.79 Å². The maximum Gasteiger partial charge on any atom is 0.321 e. The lowest BCUT2D eigenvalue weighted by molar-refractivity contribution is -0.119. The summed E-state index contributed by atoms with van der Waals surface area (Å²) in [5.41, 5.74) is 0.907. The highest BCUT2D eigenvalue weighted by atomic mass is 32.2. The fourth-order valence-corrected chi connectivity index (χ4v) is 3.92. The Morgan fingerprint density at radius 3 is 2.63 bits per heavy atom. The Kier molecular flexibility index (Phi) is 6.25. The third-order valence-corrected chi connectivity index (χ3v) is 5.52. The average Bonchev–Trinajstić information content (AvgIpc) is 3.32. The molecule has 0 saturated carbocycles. The van der Waals surface area contributed by atoms with Gasteiger partial charge in [0.1, 0.15) is 0 Å². The molecule has 27 heavy (non-hydrogen) atoms. The average molecular weight is 402 g/mol. The van der Waals surface area contributed by atoms with Crippen LogP contribution in [0.1, 0.15) is 13.8 Å². The number of carbonyl (C=O) groups excluding carboxylic acids is 2. The number of aromatic nitrogens is 3. The van der Waals surface area contributed by atoms with Crippen molar-refractivity contribution in [1.82, 2.24) is 25.4 Å². The van der Waals surface area contributed by atoms with Crippen molar-refractivity contribution in [3.05, 3.63) is 47.8 Å². The van der Waals surface area contributed by atoms with Crippen LogP contribution in [0.2, 0.25) is 0 Å². The van der Waals surface area contributed by atoms with Crippen LogP contribution in [0.25, 0.3) is 16.4 Å². The molecule has 0 aliphatic rings. The molecule has 0 fully saturated rings. The third kappa shape index (κ3) is 4.55. The number of nitrogens with one attached hydrogen (secondary N) is 2. The fourth-order valence-electron chi connectivity index (χ4n) is 2.35. The molecule has 9 heteroatoms. The van der Waals surface area contributed by atoms with Gasteiger partial charge in [-0.15, -0.1) is 21.5 Å². The molecule has 0 radical (unpaired) electrons. The number of carbonyl (C=O) groups is 2. The Labute approximate surface area is 165 Å². The van der Waals surface area contributed by atoms with Crippen molar-refractivity contribution in [2.75, 3.05) is 6.54 Å². The Hall–Kier alpha value is -2.65. The number of rotatable bonds is 6. The largest absolute Gasteiger partial charge is 0.338 e. The lowest BCUT2D eigenvalue weighted by Crippen LogP contribution is -2.42. The van der Waals surface area contributed by atoms with Crippen LogP contribution < -0.4 is 10.6 Å². The first-order valence-electron chi connectivity index (χ1n) is 8.40. The summed E-state index contributed by atoms with van der Waals surface area (Å²) >= 11 is 2.83. The number of urea groups is 1. The molecule has 2 heterocycles. The molecule has 0 bridgehead atoms. The molecule has 0 aliphatic heterocycles. The summed E-state index contributed by atoms with van der Waals surface area (Å²) < 4.78 is 1.92. The molecule has 2 N–H and O–H groups in total. The fraction of sp³-hybridized carbons (Fsp3) is 0.222. The number of amides is 3. The van der Waals surface area contributed by atoms with Crippen molar-refractivity contribution < 1.29 is 9.59 Å². The van der Waals surface area contributed by atoms with Gasteiger partial charge in [0.2, 0.25) is 5.91 Å². The molecule has 1 aromatic carbocycles. The van der Waals surface area contributed by atoms with Crippen molar-refractivity contribution in [3.63, 3.8) is 0 Å². The molecule has 1 unspecified atom stereocenters.